The smallest absolute Gasteiger partial charge is 1.00 e. The molecule has 25 heteroatoms. The van der Waals surface area contributed by atoms with Gasteiger partial charge in [0.2, 0.25) is 11.8 Å². The quantitative estimate of drug-likeness (QED) is 0.0143. The number of unbranched alkanes of at least 4 members (excludes halogenated alkanes) is 36. The Morgan fingerprint density at radius 3 is 0.959 bits per heavy atom. The number of hydrogen-bond acceptors (Lipinski definition) is 15. The van der Waals surface area contributed by atoms with Crippen LogP contribution in [0.1, 0.15) is 353 Å². The molecule has 6 N–H and O–H groups in total. The second-order valence-electron chi connectivity index (χ2n) is 26.5. The van der Waals surface area contributed by atoms with E-state index in [0.29, 0.717) is 38.5 Å². The molecule has 0 aromatic rings. The number of phosphoric acid groups is 2. The molecule has 2 unspecified atom stereocenters. The molecule has 0 aliphatic rings. The van der Waals surface area contributed by atoms with Gasteiger partial charge in [-0.25, -0.2) is 13.9 Å². The van der Waals surface area contributed by atoms with Crippen molar-refractivity contribution in [3.05, 3.63) is 0 Å². The summed E-state index contributed by atoms with van der Waals surface area (Å²) in [5, 5.41) is 10.7. The molecule has 572 valence electrons. The molecule has 0 saturated heterocycles. The van der Waals surface area contributed by atoms with Gasteiger partial charge in [-0.05, 0) is 44.9 Å². The summed E-state index contributed by atoms with van der Waals surface area (Å²) in [6.45, 7) is 10.7. The summed E-state index contributed by atoms with van der Waals surface area (Å²) in [7, 11) is -9.37. The van der Waals surface area contributed by atoms with Crippen LogP contribution in [0.3, 0.4) is 0 Å². The zero-order valence-corrected chi connectivity index (χ0v) is 69.5. The van der Waals surface area contributed by atoms with Gasteiger partial charge in [0.05, 0.1) is 64.9 Å². The van der Waals surface area contributed by atoms with Crippen LogP contribution in [-0.2, 0) is 65.4 Å². The van der Waals surface area contributed by atoms with Crippen molar-refractivity contribution >= 4 is 45.4 Å². The summed E-state index contributed by atoms with van der Waals surface area (Å²) < 4.78 is 70.6. The minimum atomic E-state index is -4.69. The van der Waals surface area contributed by atoms with Gasteiger partial charge in [-0.15, -0.1) is 0 Å². The van der Waals surface area contributed by atoms with Crippen molar-refractivity contribution in [3.63, 3.8) is 0 Å². The van der Waals surface area contributed by atoms with Crippen LogP contribution in [0.25, 0.3) is 0 Å². The SMILES string of the molecule is CCCCCCCCCCCCCC(=O)N[C@@H](COCC[C@@H](CCCCCCC)OC(C)=O)COP(=O)(O)OCCNC(=O)NCCOP(=O)(O)OC[C@H](COCC[C@@H](CCCCCCC)OC(=O)CCCCCCCCCCC)NC(=O)CCCCCCCCCCCCC.[H-].[H-].[Na+].[Na+]. The molecule has 21 nitrogen and oxygen atoms in total. The maximum atomic E-state index is 13.2. The summed E-state index contributed by atoms with van der Waals surface area (Å²) >= 11 is 0. The molecule has 0 spiro atoms. The number of hydrogen-bond donors (Lipinski definition) is 6. The Morgan fingerprint density at radius 1 is 0.357 bits per heavy atom. The first-order valence-electron chi connectivity index (χ1n) is 38.9. The van der Waals surface area contributed by atoms with E-state index in [1.165, 1.54) is 135 Å². The molecule has 0 aliphatic heterocycles. The van der Waals surface area contributed by atoms with Crippen LogP contribution in [0, 0.1) is 0 Å². The first-order chi connectivity index (χ1) is 46.5. The van der Waals surface area contributed by atoms with Crippen LogP contribution in [0.2, 0.25) is 0 Å². The van der Waals surface area contributed by atoms with E-state index in [0.717, 1.165) is 128 Å². The second kappa shape index (κ2) is 74.6. The van der Waals surface area contributed by atoms with Gasteiger partial charge in [0.15, 0.2) is 0 Å². The minimum absolute atomic E-state index is 0. The third kappa shape index (κ3) is 72.2. The van der Waals surface area contributed by atoms with Gasteiger partial charge in [0.1, 0.15) is 12.2 Å². The molecule has 0 fully saturated rings. The molecule has 6 atom stereocenters. The Kier molecular flexibility index (Phi) is 77.2. The number of carbonyl (C=O) groups is 5. The van der Waals surface area contributed by atoms with Crippen molar-refractivity contribution in [1.82, 2.24) is 21.3 Å². The molecule has 0 aliphatic carbocycles. The topological polar surface area (TPSA) is 282 Å². The van der Waals surface area contributed by atoms with Crippen molar-refractivity contribution in [1.29, 1.82) is 0 Å². The van der Waals surface area contributed by atoms with Crippen LogP contribution >= 0.6 is 15.6 Å². The number of nitrogens with one attached hydrogen (secondary N) is 4. The number of rotatable bonds is 74. The zero-order chi connectivity index (χ0) is 70.7. The number of phosphoric ester groups is 2. The van der Waals surface area contributed by atoms with Gasteiger partial charge in [0, 0.05) is 52.1 Å². The average Bonchev–Trinajstić information content (AvgIpc) is 1.19. The Balaban J connectivity index is -0.00000752. The molecule has 0 heterocycles. The van der Waals surface area contributed by atoms with Crippen LogP contribution in [0.5, 0.6) is 0 Å². The summed E-state index contributed by atoms with van der Waals surface area (Å²) in [5.74, 6) is -1.03. The van der Waals surface area contributed by atoms with E-state index < -0.39 is 60.2 Å². The summed E-state index contributed by atoms with van der Waals surface area (Å²) in [4.78, 5) is 85.0. The number of ether oxygens (including phenoxy) is 4. The van der Waals surface area contributed by atoms with Gasteiger partial charge in [-0.2, -0.15) is 0 Å². The monoisotopic (exact) mass is 1460 g/mol. The first kappa shape index (κ1) is 101. The third-order valence-electron chi connectivity index (χ3n) is 17.1. The molecule has 0 bridgehead atoms. The zero-order valence-electron chi connectivity index (χ0n) is 65.7. The Bertz CT molecular complexity index is 1960. The molecule has 0 radical (unpaired) electrons. The number of urea groups is 1. The Hall–Kier alpha value is -0.710. The predicted molar refractivity (Wildman–Crippen MR) is 388 cm³/mol. The predicted octanol–water partition coefficient (Wildman–Crippen LogP) is 12.5. The van der Waals surface area contributed by atoms with Crippen molar-refractivity contribution in [3.8, 4) is 0 Å². The van der Waals surface area contributed by atoms with E-state index in [2.05, 4.69) is 55.9 Å². The molecule has 0 aromatic carbocycles. The van der Waals surface area contributed by atoms with Crippen LogP contribution in [0.15, 0.2) is 0 Å². The fourth-order valence-corrected chi connectivity index (χ4v) is 12.9. The molecule has 0 aromatic heterocycles. The van der Waals surface area contributed by atoms with Crippen LogP contribution < -0.4 is 80.4 Å². The molecule has 4 amide bonds. The fourth-order valence-electron chi connectivity index (χ4n) is 11.3. The molecular weight excluding hydrogens is 1310 g/mol. The number of carbonyl (C=O) groups excluding carboxylic acids is 5. The van der Waals surface area contributed by atoms with Crippen LogP contribution in [0.4, 0.5) is 4.79 Å². The van der Waals surface area contributed by atoms with E-state index in [1.807, 2.05) is 0 Å². The molecule has 0 saturated carbocycles. The number of amides is 4. The summed E-state index contributed by atoms with van der Waals surface area (Å²) in [6, 6.07) is -2.32. The van der Waals surface area contributed by atoms with Gasteiger partial charge >= 0.3 is 92.7 Å². The van der Waals surface area contributed by atoms with E-state index in [4.69, 9.17) is 37.0 Å². The number of esters is 2. The van der Waals surface area contributed by atoms with Crippen molar-refractivity contribution in [2.45, 2.75) is 374 Å². The fraction of sp³-hybridized carbons (Fsp3) is 0.932. The van der Waals surface area contributed by atoms with Crippen LogP contribution in [-0.4, -0.2) is 130 Å². The average molecular weight is 1460 g/mol. The van der Waals surface area contributed by atoms with Gasteiger partial charge < -0.3 is 52.9 Å². The second-order valence-corrected chi connectivity index (χ2v) is 29.4. The standard InChI is InChI=1S/C73H144N4O17P2.2Na.2H/c1-7-12-17-22-25-28-30-33-35-40-45-50-70(79)76-66(61-87-57-53-68(93-65(6)78)48-43-38-20-15-10-4)63-91-95(83,84)89-59-55-74-73(82)75-56-60-90-96(85,86)92-64-67(77-71(80)51-46-41-36-34-31-29-26-23-18-13-8-2)62-88-58-54-69(49-44-39-21-16-11-5)94-72(81)52-47-42-37-32-27-24-19-14-9-3;;;;/h66-69H,7-64H2,1-6H3,(H,76,79)(H,77,80)(H,83,84)(H,85,86)(H2,74,75,82);;;;/q;2*+1;2*-1/t66-,67-,68+,69+;;;;/m0..../s1. The normalized spacial score (nSPS) is 13.8. The maximum Gasteiger partial charge on any atom is 1.00 e. The third-order valence-corrected chi connectivity index (χ3v) is 19.1. The molecular formula is C73H146N4Na2O17P2. The Labute approximate surface area is 643 Å². The van der Waals surface area contributed by atoms with E-state index in [1.54, 1.807) is 0 Å². The van der Waals surface area contributed by atoms with E-state index in [-0.39, 0.29) is 150 Å². The Morgan fingerprint density at radius 2 is 0.643 bits per heavy atom. The van der Waals surface area contributed by atoms with Crippen molar-refractivity contribution in [2.75, 3.05) is 65.9 Å². The van der Waals surface area contributed by atoms with Crippen molar-refractivity contribution in [2.24, 2.45) is 0 Å². The van der Waals surface area contributed by atoms with E-state index >= 15 is 0 Å². The molecule has 98 heavy (non-hydrogen) atoms. The van der Waals surface area contributed by atoms with Gasteiger partial charge in [-0.1, -0.05) is 266 Å². The van der Waals surface area contributed by atoms with Crippen molar-refractivity contribution < 1.29 is 142 Å². The maximum absolute atomic E-state index is 13.2. The molecule has 0 rings (SSSR count). The largest absolute Gasteiger partial charge is 1.00 e. The van der Waals surface area contributed by atoms with Gasteiger partial charge in [-0.3, -0.25) is 37.3 Å². The summed E-state index contributed by atoms with van der Waals surface area (Å²) in [6.07, 6.45) is 49.0. The van der Waals surface area contributed by atoms with E-state index in [9.17, 15) is 42.9 Å². The van der Waals surface area contributed by atoms with Gasteiger partial charge in [0.25, 0.3) is 0 Å². The minimum Gasteiger partial charge on any atom is -1.00 e. The first-order valence-corrected chi connectivity index (χ1v) is 41.8. The summed E-state index contributed by atoms with van der Waals surface area (Å²) in [5.41, 5.74) is 0.